The zero-order valence-electron chi connectivity index (χ0n) is 12.9. The molecule has 0 atom stereocenters. The number of pyridine rings is 1. The maximum atomic E-state index is 13.4. The zero-order valence-corrected chi connectivity index (χ0v) is 12.9. The zero-order chi connectivity index (χ0) is 17.1. The van der Waals surface area contributed by atoms with Crippen LogP contribution in [0.5, 0.6) is 0 Å². The quantitative estimate of drug-likeness (QED) is 0.685. The molecule has 0 aliphatic carbocycles. The summed E-state index contributed by atoms with van der Waals surface area (Å²) in [7, 11) is 1.49. The molecule has 3 N–H and O–H groups in total. The van der Waals surface area contributed by atoms with Crippen LogP contribution in [0.3, 0.4) is 0 Å². The van der Waals surface area contributed by atoms with Crippen LogP contribution in [-0.2, 0) is 6.54 Å². The molecule has 1 aromatic carbocycles. The van der Waals surface area contributed by atoms with Crippen LogP contribution in [0.15, 0.2) is 42.6 Å². The van der Waals surface area contributed by atoms with Crippen molar-refractivity contribution in [1.82, 2.24) is 20.6 Å². The van der Waals surface area contributed by atoms with Crippen molar-refractivity contribution in [2.45, 2.75) is 6.54 Å². The van der Waals surface area contributed by atoms with Crippen LogP contribution in [-0.4, -0.2) is 28.8 Å². The molecule has 0 unspecified atom stereocenters. The Hall–Kier alpha value is -3.22. The number of aromatic amines is 1. The van der Waals surface area contributed by atoms with E-state index in [-0.39, 0.29) is 29.7 Å². The average molecular weight is 326 g/mol. The second kappa shape index (κ2) is 6.49. The number of carbonyl (C=O) groups excluding carboxylic acids is 2. The number of nitrogens with zero attached hydrogens (tertiary/aromatic N) is 1. The van der Waals surface area contributed by atoms with E-state index in [1.54, 1.807) is 18.3 Å². The number of benzene rings is 1. The highest BCUT2D eigenvalue weighted by atomic mass is 19.1. The van der Waals surface area contributed by atoms with Crippen LogP contribution in [0, 0.1) is 5.82 Å². The number of rotatable bonds is 4. The van der Waals surface area contributed by atoms with Crippen LogP contribution in [0.2, 0.25) is 0 Å². The predicted molar refractivity (Wildman–Crippen MR) is 87.1 cm³/mol. The van der Waals surface area contributed by atoms with Crippen molar-refractivity contribution in [3.05, 3.63) is 65.4 Å². The standard InChI is InChI=1S/C17H15FN4O2/c1-19-16(23)14-3-2-4-15(22-14)17(24)21-9-10-8-20-13-6-5-11(18)7-12(10)13/h2-8,20H,9H2,1H3,(H,19,23)(H,21,24). The Bertz CT molecular complexity index is 920. The minimum absolute atomic E-state index is 0.141. The number of nitrogens with one attached hydrogen (secondary N) is 3. The summed E-state index contributed by atoms with van der Waals surface area (Å²) in [4.78, 5) is 30.8. The fourth-order valence-corrected chi connectivity index (χ4v) is 2.38. The lowest BCUT2D eigenvalue weighted by Gasteiger charge is -2.05. The van der Waals surface area contributed by atoms with Gasteiger partial charge >= 0.3 is 0 Å². The lowest BCUT2D eigenvalue weighted by atomic mass is 10.1. The molecule has 0 radical (unpaired) electrons. The van der Waals surface area contributed by atoms with Gasteiger partial charge in [-0.3, -0.25) is 9.59 Å². The molecule has 0 aliphatic rings. The van der Waals surface area contributed by atoms with Crippen LogP contribution in [0.25, 0.3) is 10.9 Å². The monoisotopic (exact) mass is 326 g/mol. The van der Waals surface area contributed by atoms with Crippen molar-refractivity contribution < 1.29 is 14.0 Å². The summed E-state index contributed by atoms with van der Waals surface area (Å²) >= 11 is 0. The molecule has 3 rings (SSSR count). The van der Waals surface area contributed by atoms with Gasteiger partial charge in [-0.25, -0.2) is 9.37 Å². The van der Waals surface area contributed by atoms with Gasteiger partial charge in [0, 0.05) is 30.7 Å². The minimum atomic E-state index is -0.411. The van der Waals surface area contributed by atoms with E-state index in [1.807, 2.05) is 0 Å². The van der Waals surface area contributed by atoms with E-state index in [0.717, 1.165) is 11.1 Å². The SMILES string of the molecule is CNC(=O)c1cccc(C(=O)NCc2c[nH]c3ccc(F)cc23)n1. The number of aromatic nitrogens is 2. The van der Waals surface area contributed by atoms with Gasteiger partial charge in [0.25, 0.3) is 11.8 Å². The van der Waals surface area contributed by atoms with Gasteiger partial charge in [-0.15, -0.1) is 0 Å². The Balaban J connectivity index is 1.75. The van der Waals surface area contributed by atoms with E-state index in [1.165, 1.54) is 31.3 Å². The first kappa shape index (κ1) is 15.7. The lowest BCUT2D eigenvalue weighted by Crippen LogP contribution is -2.25. The predicted octanol–water partition coefficient (Wildman–Crippen LogP) is 1.99. The summed E-state index contributed by atoms with van der Waals surface area (Å²) in [5, 5.41) is 5.89. The Morgan fingerprint density at radius 3 is 2.67 bits per heavy atom. The Kier molecular flexibility index (Phi) is 4.24. The number of halogens is 1. The summed E-state index contributed by atoms with van der Waals surface area (Å²) in [6, 6.07) is 9.07. The molecule has 0 bridgehead atoms. The number of hydrogen-bond donors (Lipinski definition) is 3. The minimum Gasteiger partial charge on any atom is -0.361 e. The molecule has 0 fully saturated rings. The smallest absolute Gasteiger partial charge is 0.270 e. The Morgan fingerprint density at radius 1 is 1.17 bits per heavy atom. The van der Waals surface area contributed by atoms with E-state index in [0.29, 0.717) is 5.39 Å². The molecule has 0 spiro atoms. The first-order valence-electron chi connectivity index (χ1n) is 7.31. The molecule has 122 valence electrons. The Labute approximate surface area is 137 Å². The molecule has 2 aromatic heterocycles. The summed E-state index contributed by atoms with van der Waals surface area (Å²) in [6.45, 7) is 0.216. The summed E-state index contributed by atoms with van der Waals surface area (Å²) in [5.41, 5.74) is 1.86. The van der Waals surface area contributed by atoms with Crippen LogP contribution >= 0.6 is 0 Å². The second-order valence-electron chi connectivity index (χ2n) is 5.17. The van der Waals surface area contributed by atoms with Gasteiger partial charge in [0.15, 0.2) is 0 Å². The van der Waals surface area contributed by atoms with Crippen molar-refractivity contribution in [3.63, 3.8) is 0 Å². The largest absolute Gasteiger partial charge is 0.361 e. The highest BCUT2D eigenvalue weighted by molar-refractivity contribution is 5.96. The van der Waals surface area contributed by atoms with Crippen molar-refractivity contribution in [3.8, 4) is 0 Å². The third-order valence-electron chi connectivity index (χ3n) is 3.61. The van der Waals surface area contributed by atoms with Gasteiger partial charge in [-0.2, -0.15) is 0 Å². The van der Waals surface area contributed by atoms with E-state index in [4.69, 9.17) is 0 Å². The molecule has 2 heterocycles. The fourth-order valence-electron chi connectivity index (χ4n) is 2.38. The number of H-pyrrole nitrogens is 1. The van der Waals surface area contributed by atoms with Gasteiger partial charge in [-0.1, -0.05) is 6.07 Å². The molecule has 6 nitrogen and oxygen atoms in total. The fraction of sp³-hybridized carbons (Fsp3) is 0.118. The normalized spacial score (nSPS) is 10.6. The average Bonchev–Trinajstić information content (AvgIpc) is 3.01. The van der Waals surface area contributed by atoms with Crippen molar-refractivity contribution in [2.75, 3.05) is 7.05 Å². The molecular formula is C17H15FN4O2. The second-order valence-corrected chi connectivity index (χ2v) is 5.17. The maximum absolute atomic E-state index is 13.4. The molecule has 0 saturated carbocycles. The van der Waals surface area contributed by atoms with Crippen molar-refractivity contribution >= 4 is 22.7 Å². The number of hydrogen-bond acceptors (Lipinski definition) is 3. The van der Waals surface area contributed by atoms with E-state index in [9.17, 15) is 14.0 Å². The third kappa shape index (κ3) is 3.10. The van der Waals surface area contributed by atoms with Crippen molar-refractivity contribution in [1.29, 1.82) is 0 Å². The molecule has 3 aromatic rings. The molecule has 0 aliphatic heterocycles. The Morgan fingerprint density at radius 2 is 1.92 bits per heavy atom. The molecule has 24 heavy (non-hydrogen) atoms. The highest BCUT2D eigenvalue weighted by Crippen LogP contribution is 2.19. The highest BCUT2D eigenvalue weighted by Gasteiger charge is 2.12. The van der Waals surface area contributed by atoms with Gasteiger partial charge in [0.1, 0.15) is 17.2 Å². The van der Waals surface area contributed by atoms with Crippen LogP contribution in [0.4, 0.5) is 4.39 Å². The van der Waals surface area contributed by atoms with E-state index in [2.05, 4.69) is 20.6 Å². The summed E-state index contributed by atoms with van der Waals surface area (Å²) < 4.78 is 13.4. The molecular weight excluding hydrogens is 311 g/mol. The van der Waals surface area contributed by atoms with E-state index < -0.39 is 5.91 Å². The number of fused-ring (bicyclic) bond motifs is 1. The van der Waals surface area contributed by atoms with Crippen LogP contribution in [0.1, 0.15) is 26.5 Å². The summed E-state index contributed by atoms with van der Waals surface area (Å²) in [5.74, 6) is -1.11. The lowest BCUT2D eigenvalue weighted by molar-refractivity contribution is 0.0944. The third-order valence-corrected chi connectivity index (χ3v) is 3.61. The number of carbonyl (C=O) groups is 2. The van der Waals surface area contributed by atoms with Crippen molar-refractivity contribution in [2.24, 2.45) is 0 Å². The first-order chi connectivity index (χ1) is 11.6. The van der Waals surface area contributed by atoms with Crippen LogP contribution < -0.4 is 10.6 Å². The van der Waals surface area contributed by atoms with Gasteiger partial charge < -0.3 is 15.6 Å². The summed E-state index contributed by atoms with van der Waals surface area (Å²) in [6.07, 6.45) is 1.72. The van der Waals surface area contributed by atoms with E-state index >= 15 is 0 Å². The topological polar surface area (TPSA) is 86.9 Å². The maximum Gasteiger partial charge on any atom is 0.270 e. The molecule has 7 heteroatoms. The first-order valence-corrected chi connectivity index (χ1v) is 7.31. The number of amides is 2. The molecule has 0 saturated heterocycles. The van der Waals surface area contributed by atoms with Gasteiger partial charge in [0.05, 0.1) is 0 Å². The van der Waals surface area contributed by atoms with Gasteiger partial charge in [0.2, 0.25) is 0 Å². The van der Waals surface area contributed by atoms with Gasteiger partial charge in [-0.05, 0) is 35.9 Å². The molecule has 2 amide bonds.